The summed E-state index contributed by atoms with van der Waals surface area (Å²) in [5, 5.41) is 13.5. The monoisotopic (exact) mass is 288 g/mol. The number of nitrogens with zero attached hydrogens (tertiary/aromatic N) is 2. The van der Waals surface area contributed by atoms with Crippen LogP contribution in [0.15, 0.2) is 4.47 Å². The summed E-state index contributed by atoms with van der Waals surface area (Å²) in [6, 6.07) is 0. The van der Waals surface area contributed by atoms with Crippen molar-refractivity contribution in [1.29, 1.82) is 0 Å². The molecule has 0 aliphatic heterocycles. The molecule has 0 unspecified atom stereocenters. The fourth-order valence-corrected chi connectivity index (χ4v) is 2.26. The van der Waals surface area contributed by atoms with Crippen LogP contribution in [0.3, 0.4) is 0 Å². The third-order valence-corrected chi connectivity index (χ3v) is 3.61. The zero-order valence-corrected chi connectivity index (χ0v) is 11.6. The average molecular weight is 289 g/mol. The van der Waals surface area contributed by atoms with Gasteiger partial charge in [-0.25, -0.2) is 0 Å². The molecule has 0 saturated carbocycles. The summed E-state index contributed by atoms with van der Waals surface area (Å²) in [6.45, 7) is 5.47. The van der Waals surface area contributed by atoms with Gasteiger partial charge in [-0.2, -0.15) is 5.10 Å². The Balaban J connectivity index is 3.06. The molecule has 1 rings (SSSR count). The standard InChI is InChI=1S/C11H17BrN2O2/c1-5-7-9(12)8(14(4)13-7)6-11(2,3)10(15)16/h5-6H2,1-4H3,(H,15,16). The Labute approximate surface area is 104 Å². The average Bonchev–Trinajstić information content (AvgIpc) is 2.44. The molecule has 1 aromatic rings. The molecule has 0 amide bonds. The summed E-state index contributed by atoms with van der Waals surface area (Å²) in [5.74, 6) is -0.793. The molecule has 0 fully saturated rings. The lowest BCUT2D eigenvalue weighted by Crippen LogP contribution is -2.27. The number of carboxylic acid groups (broad SMARTS) is 1. The second-order valence-corrected chi connectivity index (χ2v) is 5.34. The minimum atomic E-state index is -0.793. The first kappa shape index (κ1) is 13.2. The largest absolute Gasteiger partial charge is 0.481 e. The summed E-state index contributed by atoms with van der Waals surface area (Å²) in [4.78, 5) is 11.1. The van der Waals surface area contributed by atoms with Gasteiger partial charge in [-0.15, -0.1) is 0 Å². The SMILES string of the molecule is CCc1nn(C)c(CC(C)(C)C(=O)O)c1Br. The molecule has 0 bridgehead atoms. The number of aryl methyl sites for hydroxylation is 2. The van der Waals surface area contributed by atoms with Crippen LogP contribution in [0.1, 0.15) is 32.2 Å². The Morgan fingerprint density at radius 3 is 2.50 bits per heavy atom. The van der Waals surface area contributed by atoms with Crippen LogP contribution in [0, 0.1) is 5.41 Å². The lowest BCUT2D eigenvalue weighted by atomic mass is 9.88. The third kappa shape index (κ3) is 2.45. The maximum absolute atomic E-state index is 11.1. The van der Waals surface area contributed by atoms with Crippen molar-refractivity contribution in [3.8, 4) is 0 Å². The molecular weight excluding hydrogens is 272 g/mol. The molecule has 0 aromatic carbocycles. The van der Waals surface area contributed by atoms with E-state index in [0.29, 0.717) is 6.42 Å². The lowest BCUT2D eigenvalue weighted by molar-refractivity contribution is -0.146. The van der Waals surface area contributed by atoms with Crippen LogP contribution in [-0.4, -0.2) is 20.9 Å². The van der Waals surface area contributed by atoms with E-state index in [0.717, 1.165) is 22.3 Å². The quantitative estimate of drug-likeness (QED) is 0.926. The van der Waals surface area contributed by atoms with Gasteiger partial charge in [-0.05, 0) is 36.2 Å². The molecule has 1 aromatic heterocycles. The maximum Gasteiger partial charge on any atom is 0.309 e. The number of halogens is 1. The Kier molecular flexibility index (Phi) is 3.78. The number of rotatable bonds is 4. The smallest absolute Gasteiger partial charge is 0.309 e. The number of carboxylic acids is 1. The molecule has 90 valence electrons. The lowest BCUT2D eigenvalue weighted by Gasteiger charge is -2.19. The normalized spacial score (nSPS) is 11.8. The summed E-state index contributed by atoms with van der Waals surface area (Å²) in [7, 11) is 1.84. The van der Waals surface area contributed by atoms with Crippen molar-refractivity contribution in [2.75, 3.05) is 0 Å². The van der Waals surface area contributed by atoms with E-state index in [1.54, 1.807) is 18.5 Å². The van der Waals surface area contributed by atoms with Gasteiger partial charge in [0.2, 0.25) is 0 Å². The summed E-state index contributed by atoms with van der Waals surface area (Å²) >= 11 is 3.49. The molecule has 1 N–H and O–H groups in total. The van der Waals surface area contributed by atoms with E-state index >= 15 is 0 Å². The number of aliphatic carboxylic acids is 1. The number of carbonyl (C=O) groups is 1. The highest BCUT2D eigenvalue weighted by atomic mass is 79.9. The molecule has 4 nitrogen and oxygen atoms in total. The van der Waals surface area contributed by atoms with Gasteiger partial charge in [0.05, 0.1) is 21.3 Å². The van der Waals surface area contributed by atoms with Crippen molar-refractivity contribution >= 4 is 21.9 Å². The van der Waals surface area contributed by atoms with Crippen molar-refractivity contribution in [1.82, 2.24) is 9.78 Å². The second kappa shape index (κ2) is 4.57. The van der Waals surface area contributed by atoms with Crippen LogP contribution in [0.25, 0.3) is 0 Å². The second-order valence-electron chi connectivity index (χ2n) is 4.55. The van der Waals surface area contributed by atoms with Crippen molar-refractivity contribution in [2.24, 2.45) is 12.5 Å². The van der Waals surface area contributed by atoms with E-state index < -0.39 is 11.4 Å². The molecule has 16 heavy (non-hydrogen) atoms. The summed E-state index contributed by atoms with van der Waals surface area (Å²) in [5.41, 5.74) is 1.13. The Bertz CT molecular complexity index is 410. The van der Waals surface area contributed by atoms with Crippen molar-refractivity contribution < 1.29 is 9.90 Å². The van der Waals surface area contributed by atoms with E-state index in [9.17, 15) is 4.79 Å². The van der Waals surface area contributed by atoms with E-state index in [-0.39, 0.29) is 0 Å². The van der Waals surface area contributed by atoms with E-state index in [1.165, 1.54) is 0 Å². The molecule has 0 radical (unpaired) electrons. The topological polar surface area (TPSA) is 55.1 Å². The summed E-state index contributed by atoms with van der Waals surface area (Å²) in [6.07, 6.45) is 1.30. The van der Waals surface area contributed by atoms with E-state index in [2.05, 4.69) is 21.0 Å². The van der Waals surface area contributed by atoms with Gasteiger partial charge in [0.15, 0.2) is 0 Å². The number of hydrogen-bond donors (Lipinski definition) is 1. The zero-order chi connectivity index (χ0) is 12.5. The van der Waals surface area contributed by atoms with Gasteiger partial charge < -0.3 is 5.11 Å². The van der Waals surface area contributed by atoms with Gasteiger partial charge in [0.25, 0.3) is 0 Å². The van der Waals surface area contributed by atoms with Gasteiger partial charge >= 0.3 is 5.97 Å². The van der Waals surface area contributed by atoms with Crippen LogP contribution < -0.4 is 0 Å². The molecular formula is C11H17BrN2O2. The van der Waals surface area contributed by atoms with Crippen LogP contribution in [-0.2, 0) is 24.7 Å². The zero-order valence-electron chi connectivity index (χ0n) is 10.0. The first-order valence-electron chi connectivity index (χ1n) is 5.23. The van der Waals surface area contributed by atoms with Crippen LogP contribution in [0.2, 0.25) is 0 Å². The molecule has 1 heterocycles. The van der Waals surface area contributed by atoms with Crippen LogP contribution in [0.4, 0.5) is 0 Å². The Hall–Kier alpha value is -0.840. The minimum Gasteiger partial charge on any atom is -0.481 e. The highest BCUT2D eigenvalue weighted by Gasteiger charge is 2.30. The predicted molar refractivity (Wildman–Crippen MR) is 65.4 cm³/mol. The third-order valence-electron chi connectivity index (χ3n) is 2.69. The fourth-order valence-electron chi connectivity index (χ4n) is 1.51. The molecule has 5 heteroatoms. The summed E-state index contributed by atoms with van der Waals surface area (Å²) < 4.78 is 2.69. The van der Waals surface area contributed by atoms with Gasteiger partial charge in [-0.3, -0.25) is 9.48 Å². The number of hydrogen-bond acceptors (Lipinski definition) is 2. The van der Waals surface area contributed by atoms with Gasteiger partial charge in [0.1, 0.15) is 0 Å². The first-order chi connectivity index (χ1) is 7.29. The predicted octanol–water partition coefficient (Wildman–Crippen LogP) is 2.40. The van der Waals surface area contributed by atoms with E-state index in [4.69, 9.17) is 5.11 Å². The molecule has 0 saturated heterocycles. The highest BCUT2D eigenvalue weighted by Crippen LogP contribution is 2.29. The van der Waals surface area contributed by atoms with Gasteiger partial charge in [-0.1, -0.05) is 6.92 Å². The Morgan fingerprint density at radius 2 is 2.12 bits per heavy atom. The van der Waals surface area contributed by atoms with Crippen molar-refractivity contribution in [2.45, 2.75) is 33.6 Å². The molecule has 0 aliphatic rings. The van der Waals surface area contributed by atoms with Crippen molar-refractivity contribution in [3.63, 3.8) is 0 Å². The van der Waals surface area contributed by atoms with Gasteiger partial charge in [0, 0.05) is 13.5 Å². The maximum atomic E-state index is 11.1. The number of aromatic nitrogens is 2. The van der Waals surface area contributed by atoms with E-state index in [1.807, 2.05) is 14.0 Å². The minimum absolute atomic E-state index is 0.465. The molecule has 0 atom stereocenters. The van der Waals surface area contributed by atoms with Crippen molar-refractivity contribution in [3.05, 3.63) is 15.9 Å². The van der Waals surface area contributed by atoms with Crippen LogP contribution in [0.5, 0.6) is 0 Å². The first-order valence-corrected chi connectivity index (χ1v) is 6.02. The molecule has 0 aliphatic carbocycles. The van der Waals surface area contributed by atoms with Crippen LogP contribution >= 0.6 is 15.9 Å². The highest BCUT2D eigenvalue weighted by molar-refractivity contribution is 9.10. The Morgan fingerprint density at radius 1 is 1.56 bits per heavy atom. The molecule has 0 spiro atoms. The fraction of sp³-hybridized carbons (Fsp3) is 0.636.